The van der Waals surface area contributed by atoms with Crippen molar-refractivity contribution in [3.63, 3.8) is 0 Å². The summed E-state index contributed by atoms with van der Waals surface area (Å²) in [5.41, 5.74) is 3.74. The molecule has 1 N–H and O–H groups in total. The summed E-state index contributed by atoms with van der Waals surface area (Å²) in [4.78, 5) is 0. The van der Waals surface area contributed by atoms with Gasteiger partial charge in [-0.2, -0.15) is 5.10 Å². The van der Waals surface area contributed by atoms with Crippen LogP contribution in [-0.2, 0) is 6.42 Å². The number of hydrogen-bond acceptors (Lipinski definition) is 2. The molecule has 1 aliphatic carbocycles. The van der Waals surface area contributed by atoms with Crippen LogP contribution in [0.2, 0.25) is 5.02 Å². The van der Waals surface area contributed by atoms with Crippen molar-refractivity contribution in [1.29, 1.82) is 0 Å². The van der Waals surface area contributed by atoms with E-state index in [1.54, 1.807) is 0 Å². The molecule has 2 heterocycles. The first-order valence-corrected chi connectivity index (χ1v) is 8.83. The van der Waals surface area contributed by atoms with E-state index < -0.39 is 0 Å². The third-order valence-electron chi connectivity index (χ3n) is 4.98. The molecular formula is C18H22ClN3. The van der Waals surface area contributed by atoms with Crippen molar-refractivity contribution in [3.8, 4) is 5.69 Å². The molecule has 116 valence electrons. The minimum absolute atomic E-state index is 0.636. The number of halogens is 1. The van der Waals surface area contributed by atoms with Gasteiger partial charge >= 0.3 is 0 Å². The van der Waals surface area contributed by atoms with Gasteiger partial charge in [-0.05, 0) is 44.2 Å². The summed E-state index contributed by atoms with van der Waals surface area (Å²) >= 11 is 6.42. The molecule has 2 aliphatic rings. The largest absolute Gasteiger partial charge is 0.370 e. The first-order chi connectivity index (χ1) is 10.8. The second-order valence-corrected chi connectivity index (χ2v) is 6.85. The number of rotatable bonds is 2. The smallest absolute Gasteiger partial charge is 0.133 e. The van der Waals surface area contributed by atoms with Gasteiger partial charge in [0.2, 0.25) is 0 Å². The highest BCUT2D eigenvalue weighted by Gasteiger charge is 2.28. The second-order valence-electron chi connectivity index (χ2n) is 6.44. The molecule has 0 saturated heterocycles. The van der Waals surface area contributed by atoms with Crippen molar-refractivity contribution in [2.45, 2.75) is 50.9 Å². The van der Waals surface area contributed by atoms with Crippen molar-refractivity contribution in [2.75, 3.05) is 11.9 Å². The summed E-state index contributed by atoms with van der Waals surface area (Å²) < 4.78 is 2.05. The van der Waals surface area contributed by atoms with E-state index in [0.29, 0.717) is 5.92 Å². The Morgan fingerprint density at radius 2 is 1.91 bits per heavy atom. The average Bonchev–Trinajstić information content (AvgIpc) is 3.10. The summed E-state index contributed by atoms with van der Waals surface area (Å²) in [6, 6.07) is 8.00. The predicted octanol–water partition coefficient (Wildman–Crippen LogP) is 4.93. The summed E-state index contributed by atoms with van der Waals surface area (Å²) in [5, 5.41) is 9.38. The molecule has 0 atom stereocenters. The van der Waals surface area contributed by atoms with E-state index in [1.807, 2.05) is 18.2 Å². The Morgan fingerprint density at radius 3 is 2.73 bits per heavy atom. The van der Waals surface area contributed by atoms with Gasteiger partial charge in [0.1, 0.15) is 5.82 Å². The van der Waals surface area contributed by atoms with E-state index in [2.05, 4.69) is 16.1 Å². The van der Waals surface area contributed by atoms with Gasteiger partial charge in [0.15, 0.2) is 0 Å². The van der Waals surface area contributed by atoms with Crippen molar-refractivity contribution < 1.29 is 0 Å². The molecule has 4 heteroatoms. The Labute approximate surface area is 136 Å². The van der Waals surface area contributed by atoms with E-state index in [1.165, 1.54) is 55.6 Å². The van der Waals surface area contributed by atoms with Crippen molar-refractivity contribution >= 4 is 17.4 Å². The highest BCUT2D eigenvalue weighted by atomic mass is 35.5. The first kappa shape index (κ1) is 14.1. The SMILES string of the molecule is Clc1ccccc1-n1nc(C2CCCC2)c2c1NCCCC2. The summed E-state index contributed by atoms with van der Waals surface area (Å²) in [6.07, 6.45) is 8.85. The molecule has 0 bridgehead atoms. The summed E-state index contributed by atoms with van der Waals surface area (Å²) in [5.74, 6) is 1.81. The van der Waals surface area contributed by atoms with Gasteiger partial charge in [-0.15, -0.1) is 0 Å². The van der Waals surface area contributed by atoms with E-state index in [4.69, 9.17) is 16.7 Å². The quantitative estimate of drug-likeness (QED) is 0.851. The molecule has 2 aromatic rings. The summed E-state index contributed by atoms with van der Waals surface area (Å²) in [7, 11) is 0. The van der Waals surface area contributed by atoms with E-state index in [9.17, 15) is 0 Å². The normalized spacial score (nSPS) is 18.8. The molecule has 0 unspecified atom stereocenters. The lowest BCUT2D eigenvalue weighted by molar-refractivity contribution is 0.664. The first-order valence-electron chi connectivity index (χ1n) is 8.45. The summed E-state index contributed by atoms with van der Waals surface area (Å²) in [6.45, 7) is 1.02. The van der Waals surface area contributed by atoms with Crippen LogP contribution < -0.4 is 5.32 Å². The number of aromatic nitrogens is 2. The average molecular weight is 316 g/mol. The zero-order chi connectivity index (χ0) is 14.9. The minimum atomic E-state index is 0.636. The number of benzene rings is 1. The fraction of sp³-hybridized carbons (Fsp3) is 0.500. The Hall–Kier alpha value is -1.48. The maximum atomic E-state index is 6.42. The number of hydrogen-bond donors (Lipinski definition) is 1. The minimum Gasteiger partial charge on any atom is -0.370 e. The van der Waals surface area contributed by atoms with Gasteiger partial charge in [0.25, 0.3) is 0 Å². The molecule has 1 aromatic heterocycles. The number of nitrogens with zero attached hydrogens (tertiary/aromatic N) is 2. The van der Waals surface area contributed by atoms with Gasteiger partial charge < -0.3 is 5.32 Å². The maximum Gasteiger partial charge on any atom is 0.133 e. The second kappa shape index (κ2) is 5.96. The Bertz CT molecular complexity index is 671. The molecule has 0 spiro atoms. The molecule has 0 amide bonds. The van der Waals surface area contributed by atoms with Crippen LogP contribution in [0.15, 0.2) is 24.3 Å². The standard InChI is InChI=1S/C18H22ClN3/c19-15-10-3-4-11-16(15)22-18-14(9-5-6-12-20-18)17(21-22)13-7-1-2-8-13/h3-4,10-11,13,20H,1-2,5-9,12H2. The molecule has 3 nitrogen and oxygen atoms in total. The molecule has 22 heavy (non-hydrogen) atoms. The molecule has 1 aromatic carbocycles. The fourth-order valence-corrected chi connectivity index (χ4v) is 4.07. The van der Waals surface area contributed by atoms with Gasteiger partial charge in [-0.1, -0.05) is 36.6 Å². The van der Waals surface area contributed by atoms with Gasteiger partial charge in [0, 0.05) is 18.0 Å². The van der Waals surface area contributed by atoms with Crippen molar-refractivity contribution in [3.05, 3.63) is 40.5 Å². The van der Waals surface area contributed by atoms with E-state index in [0.717, 1.165) is 23.7 Å². The Balaban J connectivity index is 1.86. The number of anilines is 1. The molecule has 1 aliphatic heterocycles. The van der Waals surface area contributed by atoms with Crippen LogP contribution in [0.5, 0.6) is 0 Å². The van der Waals surface area contributed by atoms with Crippen LogP contribution in [0.1, 0.15) is 55.7 Å². The van der Waals surface area contributed by atoms with Crippen LogP contribution in [-0.4, -0.2) is 16.3 Å². The lowest BCUT2D eigenvalue weighted by atomic mass is 9.97. The monoisotopic (exact) mass is 315 g/mol. The maximum absolute atomic E-state index is 6.42. The van der Waals surface area contributed by atoms with Gasteiger partial charge in [0.05, 0.1) is 16.4 Å². The number of para-hydroxylation sites is 1. The Morgan fingerprint density at radius 1 is 1.09 bits per heavy atom. The highest BCUT2D eigenvalue weighted by molar-refractivity contribution is 6.32. The Kier molecular flexibility index (Phi) is 3.83. The zero-order valence-electron chi connectivity index (χ0n) is 12.8. The van der Waals surface area contributed by atoms with Gasteiger partial charge in [-0.3, -0.25) is 0 Å². The topological polar surface area (TPSA) is 29.9 Å². The number of fused-ring (bicyclic) bond motifs is 1. The van der Waals surface area contributed by atoms with Crippen LogP contribution in [0.25, 0.3) is 5.69 Å². The van der Waals surface area contributed by atoms with Crippen LogP contribution in [0.3, 0.4) is 0 Å². The van der Waals surface area contributed by atoms with Crippen molar-refractivity contribution in [2.24, 2.45) is 0 Å². The molecule has 1 saturated carbocycles. The highest BCUT2D eigenvalue weighted by Crippen LogP contribution is 2.40. The van der Waals surface area contributed by atoms with Gasteiger partial charge in [-0.25, -0.2) is 4.68 Å². The van der Waals surface area contributed by atoms with E-state index >= 15 is 0 Å². The molecular weight excluding hydrogens is 294 g/mol. The van der Waals surface area contributed by atoms with Crippen LogP contribution in [0, 0.1) is 0 Å². The fourth-order valence-electron chi connectivity index (χ4n) is 3.85. The number of nitrogens with one attached hydrogen (secondary N) is 1. The lowest BCUT2D eigenvalue weighted by Crippen LogP contribution is -2.07. The predicted molar refractivity (Wildman–Crippen MR) is 91.2 cm³/mol. The van der Waals surface area contributed by atoms with Crippen LogP contribution >= 0.6 is 11.6 Å². The molecule has 0 radical (unpaired) electrons. The zero-order valence-corrected chi connectivity index (χ0v) is 13.6. The van der Waals surface area contributed by atoms with Crippen molar-refractivity contribution in [1.82, 2.24) is 9.78 Å². The lowest BCUT2D eigenvalue weighted by Gasteiger charge is -2.10. The van der Waals surface area contributed by atoms with Crippen LogP contribution in [0.4, 0.5) is 5.82 Å². The third-order valence-corrected chi connectivity index (χ3v) is 5.30. The molecule has 1 fully saturated rings. The third kappa shape index (κ3) is 2.41. The van der Waals surface area contributed by atoms with E-state index in [-0.39, 0.29) is 0 Å². The molecule has 4 rings (SSSR count).